The van der Waals surface area contributed by atoms with E-state index in [1.165, 1.54) is 16.8 Å². The minimum atomic E-state index is 1.15. The van der Waals surface area contributed by atoms with Crippen LogP contribution in [0.2, 0.25) is 0 Å². The zero-order valence-electron chi connectivity index (χ0n) is 10.2. The molecule has 2 heterocycles. The van der Waals surface area contributed by atoms with Gasteiger partial charge in [-0.15, -0.1) is 46.2 Å². The van der Waals surface area contributed by atoms with Crippen LogP contribution in [0.5, 0.6) is 0 Å². The van der Waals surface area contributed by atoms with Crippen molar-refractivity contribution in [2.24, 2.45) is 0 Å². The van der Waals surface area contributed by atoms with Gasteiger partial charge in [-0.2, -0.15) is 0 Å². The fourth-order valence-electron chi connectivity index (χ4n) is 1.22. The van der Waals surface area contributed by atoms with Crippen molar-refractivity contribution < 1.29 is 0 Å². The third-order valence-electron chi connectivity index (χ3n) is 1.89. The second-order valence-corrected chi connectivity index (χ2v) is 11.2. The van der Waals surface area contributed by atoms with Gasteiger partial charge in [0, 0.05) is 0 Å². The van der Waals surface area contributed by atoms with E-state index in [2.05, 4.69) is 38.1 Å². The van der Waals surface area contributed by atoms with Gasteiger partial charge in [0.2, 0.25) is 0 Å². The van der Waals surface area contributed by atoms with Crippen molar-refractivity contribution in [2.45, 2.75) is 30.7 Å². The Labute approximate surface area is 133 Å². The molecule has 0 saturated heterocycles. The summed E-state index contributed by atoms with van der Waals surface area (Å²) >= 11 is 7.64. The first kappa shape index (κ1) is 15.2. The lowest BCUT2D eigenvalue weighted by Gasteiger charge is -1.94. The number of hydrogen-bond donors (Lipinski definition) is 0. The monoisotopic (exact) mass is 350 g/mol. The Morgan fingerprint density at radius 2 is 1.11 bits per heavy atom. The lowest BCUT2D eigenvalue weighted by molar-refractivity contribution is 1.51. The molecule has 2 aromatic rings. The Hall–Kier alpha value is 0.800. The highest BCUT2D eigenvalue weighted by Crippen LogP contribution is 2.45. The van der Waals surface area contributed by atoms with Crippen LogP contribution in [-0.2, 0) is 0 Å². The second kappa shape index (κ2) is 8.17. The fourth-order valence-corrected chi connectivity index (χ4v) is 8.36. The van der Waals surface area contributed by atoms with Crippen LogP contribution in [0, 0.1) is 0 Å². The molecular weight excluding hydrogens is 337 g/mol. The summed E-state index contributed by atoms with van der Waals surface area (Å²) in [6.07, 6.45) is 0. The molecule has 0 aliphatic rings. The second-order valence-electron chi connectivity index (χ2n) is 3.18. The average molecular weight is 351 g/mol. The maximum Gasteiger partial charge on any atom is 0.0721 e. The van der Waals surface area contributed by atoms with Crippen LogP contribution in [0.1, 0.15) is 13.8 Å². The Bertz CT molecular complexity index is 428. The van der Waals surface area contributed by atoms with E-state index in [0.29, 0.717) is 0 Å². The Morgan fingerprint density at radius 3 is 1.50 bits per heavy atom. The molecule has 0 aliphatic carbocycles. The molecule has 0 radical (unpaired) electrons. The molecule has 0 atom stereocenters. The lowest BCUT2D eigenvalue weighted by Crippen LogP contribution is -1.60. The largest absolute Gasteiger partial charge is 0.122 e. The predicted molar refractivity (Wildman–Crippen MR) is 93.1 cm³/mol. The van der Waals surface area contributed by atoms with E-state index < -0.39 is 0 Å². The van der Waals surface area contributed by atoms with Gasteiger partial charge in [-0.25, -0.2) is 0 Å². The molecule has 2 rings (SSSR count). The van der Waals surface area contributed by atoms with E-state index in [1.807, 2.05) is 67.8 Å². The molecule has 0 spiro atoms. The molecule has 98 valence electrons. The average Bonchev–Trinajstić information content (AvgIpc) is 2.97. The van der Waals surface area contributed by atoms with E-state index in [0.717, 1.165) is 11.5 Å². The van der Waals surface area contributed by atoms with E-state index in [9.17, 15) is 0 Å². The van der Waals surface area contributed by atoms with E-state index in [-0.39, 0.29) is 0 Å². The molecule has 0 fully saturated rings. The van der Waals surface area contributed by atoms with E-state index in [4.69, 9.17) is 0 Å². The van der Waals surface area contributed by atoms with Crippen LogP contribution >= 0.6 is 67.8 Å². The van der Waals surface area contributed by atoms with Crippen molar-refractivity contribution in [3.63, 3.8) is 0 Å². The fraction of sp³-hybridized carbons (Fsp3) is 0.333. The van der Waals surface area contributed by atoms with Crippen LogP contribution < -0.4 is 0 Å². The number of thioether (sulfide) groups is 2. The summed E-state index contributed by atoms with van der Waals surface area (Å²) in [7, 11) is 3.75. The Balaban J connectivity index is 1.85. The van der Waals surface area contributed by atoms with Crippen LogP contribution in [0.25, 0.3) is 0 Å². The summed E-state index contributed by atoms with van der Waals surface area (Å²) in [6.45, 7) is 4.40. The first-order valence-electron chi connectivity index (χ1n) is 5.61. The summed E-state index contributed by atoms with van der Waals surface area (Å²) in [5.74, 6) is 2.31. The normalized spacial score (nSPS) is 11.0. The van der Waals surface area contributed by atoms with E-state index >= 15 is 0 Å². The van der Waals surface area contributed by atoms with Crippen molar-refractivity contribution in [1.29, 1.82) is 0 Å². The third kappa shape index (κ3) is 4.72. The Kier molecular flexibility index (Phi) is 6.89. The van der Waals surface area contributed by atoms with Crippen LogP contribution in [-0.4, -0.2) is 11.5 Å². The quantitative estimate of drug-likeness (QED) is 0.396. The van der Waals surface area contributed by atoms with Gasteiger partial charge < -0.3 is 0 Å². The SMILES string of the molecule is CCSc1ccc(SSc2ccc(SCC)s2)s1. The summed E-state index contributed by atoms with van der Waals surface area (Å²) in [6, 6.07) is 8.92. The van der Waals surface area contributed by atoms with Gasteiger partial charge in [0.15, 0.2) is 0 Å². The maximum absolute atomic E-state index is 2.23. The van der Waals surface area contributed by atoms with Gasteiger partial charge in [0.1, 0.15) is 0 Å². The van der Waals surface area contributed by atoms with Crippen molar-refractivity contribution in [3.8, 4) is 0 Å². The standard InChI is InChI=1S/C12H14S6/c1-3-13-9-5-7-11(15-9)17-18-12-8-6-10(16-12)14-4-2/h5-8H,3-4H2,1-2H3. The molecule has 0 aromatic carbocycles. The highest BCUT2D eigenvalue weighted by atomic mass is 33.1. The molecule has 18 heavy (non-hydrogen) atoms. The summed E-state index contributed by atoms with van der Waals surface area (Å²) < 4.78 is 5.64. The third-order valence-corrected chi connectivity index (χ3v) is 9.51. The van der Waals surface area contributed by atoms with Crippen molar-refractivity contribution in [3.05, 3.63) is 24.3 Å². The van der Waals surface area contributed by atoms with Gasteiger partial charge >= 0.3 is 0 Å². The van der Waals surface area contributed by atoms with Crippen LogP contribution in [0.4, 0.5) is 0 Å². The van der Waals surface area contributed by atoms with Gasteiger partial charge in [0.05, 0.1) is 16.8 Å². The zero-order chi connectivity index (χ0) is 12.8. The first-order valence-corrected chi connectivity index (χ1v) is 11.4. The predicted octanol–water partition coefficient (Wildman–Crippen LogP) is 6.83. The topological polar surface area (TPSA) is 0 Å². The van der Waals surface area contributed by atoms with Gasteiger partial charge in [-0.05, 0) is 57.4 Å². The van der Waals surface area contributed by atoms with Crippen molar-refractivity contribution in [1.82, 2.24) is 0 Å². The molecule has 2 aromatic heterocycles. The number of thiophene rings is 2. The maximum atomic E-state index is 2.23. The van der Waals surface area contributed by atoms with Crippen molar-refractivity contribution >= 4 is 67.8 Å². The van der Waals surface area contributed by atoms with Gasteiger partial charge in [-0.1, -0.05) is 13.8 Å². The van der Waals surface area contributed by atoms with Crippen LogP contribution in [0.3, 0.4) is 0 Å². The highest BCUT2D eigenvalue weighted by Gasteiger charge is 2.05. The number of rotatable bonds is 7. The minimum absolute atomic E-state index is 1.15. The molecule has 0 unspecified atom stereocenters. The highest BCUT2D eigenvalue weighted by molar-refractivity contribution is 8.77. The summed E-state index contributed by atoms with van der Waals surface area (Å²) in [5.41, 5.74) is 0. The molecular formula is C12H14S6. The van der Waals surface area contributed by atoms with Crippen molar-refractivity contribution in [2.75, 3.05) is 11.5 Å². The summed E-state index contributed by atoms with van der Waals surface area (Å²) in [4.78, 5) is 0. The molecule has 0 amide bonds. The first-order chi connectivity index (χ1) is 8.81. The van der Waals surface area contributed by atoms with Gasteiger partial charge in [-0.3, -0.25) is 0 Å². The van der Waals surface area contributed by atoms with E-state index in [1.54, 1.807) is 0 Å². The zero-order valence-corrected chi connectivity index (χ0v) is 15.1. The molecule has 0 nitrogen and oxygen atoms in total. The number of hydrogen-bond acceptors (Lipinski definition) is 6. The molecule has 6 heteroatoms. The molecule has 0 saturated carbocycles. The molecule has 0 N–H and O–H groups in total. The summed E-state index contributed by atoms with van der Waals surface area (Å²) in [5, 5.41) is 0. The lowest BCUT2D eigenvalue weighted by atomic mass is 10.7. The smallest absolute Gasteiger partial charge is 0.0721 e. The minimum Gasteiger partial charge on any atom is -0.122 e. The molecule has 0 bridgehead atoms. The van der Waals surface area contributed by atoms with Crippen LogP contribution in [0.15, 0.2) is 41.1 Å². The Morgan fingerprint density at radius 1 is 0.722 bits per heavy atom. The van der Waals surface area contributed by atoms with Gasteiger partial charge in [0.25, 0.3) is 0 Å². The molecule has 0 aliphatic heterocycles.